The molecule has 2 aromatic rings. The van der Waals surface area contributed by atoms with Crippen molar-refractivity contribution in [1.29, 1.82) is 0 Å². The zero-order chi connectivity index (χ0) is 13.9. The van der Waals surface area contributed by atoms with Gasteiger partial charge in [0.1, 0.15) is 11.6 Å². The predicted molar refractivity (Wildman–Crippen MR) is 76.1 cm³/mol. The number of aromatic nitrogens is 2. The fourth-order valence-electron chi connectivity index (χ4n) is 2.18. The molecular weight excluding hydrogens is 236 g/mol. The fourth-order valence-corrected chi connectivity index (χ4v) is 2.18. The number of ketones is 1. The number of hydrogen-bond donors (Lipinski definition) is 0. The third-order valence-corrected chi connectivity index (χ3v) is 3.65. The Labute approximate surface area is 114 Å². The van der Waals surface area contributed by atoms with Crippen LogP contribution in [0, 0.1) is 0 Å². The lowest BCUT2D eigenvalue weighted by atomic mass is 9.79. The minimum atomic E-state index is -0.480. The Kier molecular flexibility index (Phi) is 3.84. The van der Waals surface area contributed by atoms with Gasteiger partial charge in [0.05, 0.1) is 6.42 Å². The summed E-state index contributed by atoms with van der Waals surface area (Å²) < 4.78 is 2.01. The quantitative estimate of drug-likeness (QED) is 0.824. The molecule has 0 spiro atoms. The first-order valence-electron chi connectivity index (χ1n) is 6.64. The van der Waals surface area contributed by atoms with Crippen molar-refractivity contribution in [1.82, 2.24) is 9.55 Å². The van der Waals surface area contributed by atoms with Crippen LogP contribution in [0.5, 0.6) is 0 Å². The monoisotopic (exact) mass is 256 g/mol. The number of rotatable bonds is 5. The molecular formula is C16H20N2O. The minimum Gasteiger partial charge on any atom is -0.335 e. The molecule has 0 N–H and O–H groups in total. The first-order chi connectivity index (χ1) is 9.05. The molecule has 1 heterocycles. The maximum absolute atomic E-state index is 12.5. The van der Waals surface area contributed by atoms with Crippen molar-refractivity contribution < 1.29 is 4.79 Å². The van der Waals surface area contributed by atoms with Crippen LogP contribution in [0.15, 0.2) is 42.7 Å². The lowest BCUT2D eigenvalue weighted by Gasteiger charge is -2.23. The normalized spacial score (nSPS) is 11.5. The number of benzene rings is 1. The van der Waals surface area contributed by atoms with Crippen molar-refractivity contribution in [2.24, 2.45) is 0 Å². The Morgan fingerprint density at radius 1 is 1.26 bits per heavy atom. The van der Waals surface area contributed by atoms with Gasteiger partial charge in [0.25, 0.3) is 0 Å². The van der Waals surface area contributed by atoms with Crippen molar-refractivity contribution in [3.05, 3.63) is 54.1 Å². The van der Waals surface area contributed by atoms with Gasteiger partial charge in [0.15, 0.2) is 0 Å². The fraction of sp³-hybridized carbons (Fsp3) is 0.375. The van der Waals surface area contributed by atoms with Crippen LogP contribution in [0.3, 0.4) is 0 Å². The molecule has 0 radical (unpaired) electrons. The second kappa shape index (κ2) is 5.39. The summed E-state index contributed by atoms with van der Waals surface area (Å²) in [7, 11) is 0. The van der Waals surface area contributed by atoms with Crippen molar-refractivity contribution in [2.45, 2.75) is 39.2 Å². The molecule has 0 saturated carbocycles. The molecule has 2 rings (SSSR count). The van der Waals surface area contributed by atoms with Gasteiger partial charge in [0.2, 0.25) is 0 Å². The SMILES string of the molecule is CCn1ccnc1CC(=O)C(C)(C)c1ccccc1. The van der Waals surface area contributed by atoms with Crippen LogP contribution < -0.4 is 0 Å². The Morgan fingerprint density at radius 3 is 2.58 bits per heavy atom. The van der Waals surface area contributed by atoms with E-state index in [1.165, 1.54) is 0 Å². The van der Waals surface area contributed by atoms with Crippen LogP contribution in [-0.2, 0) is 23.2 Å². The average molecular weight is 256 g/mol. The van der Waals surface area contributed by atoms with Crippen LogP contribution in [0.4, 0.5) is 0 Å². The molecule has 0 aliphatic carbocycles. The number of carbonyl (C=O) groups is 1. The molecule has 0 atom stereocenters. The summed E-state index contributed by atoms with van der Waals surface area (Å²) in [5.41, 5.74) is 0.570. The predicted octanol–water partition coefficient (Wildman–Crippen LogP) is 2.99. The second-order valence-electron chi connectivity index (χ2n) is 5.22. The lowest BCUT2D eigenvalue weighted by Crippen LogP contribution is -2.31. The van der Waals surface area contributed by atoms with Crippen LogP contribution in [-0.4, -0.2) is 15.3 Å². The van der Waals surface area contributed by atoms with Gasteiger partial charge in [-0.05, 0) is 26.3 Å². The van der Waals surface area contributed by atoms with E-state index >= 15 is 0 Å². The first-order valence-corrected chi connectivity index (χ1v) is 6.64. The Hall–Kier alpha value is -1.90. The number of Topliss-reactive ketones (excluding diaryl/α,β-unsaturated/α-hetero) is 1. The van der Waals surface area contributed by atoms with Gasteiger partial charge in [-0.2, -0.15) is 0 Å². The number of nitrogens with zero attached hydrogens (tertiary/aromatic N) is 2. The molecule has 0 amide bonds. The highest BCUT2D eigenvalue weighted by Gasteiger charge is 2.30. The summed E-state index contributed by atoms with van der Waals surface area (Å²) in [4.78, 5) is 16.8. The summed E-state index contributed by atoms with van der Waals surface area (Å²) in [6, 6.07) is 9.91. The van der Waals surface area contributed by atoms with Crippen LogP contribution >= 0.6 is 0 Å². The number of carbonyl (C=O) groups excluding carboxylic acids is 1. The number of imidazole rings is 1. The zero-order valence-corrected chi connectivity index (χ0v) is 11.8. The van der Waals surface area contributed by atoms with Gasteiger partial charge in [0, 0.05) is 24.4 Å². The van der Waals surface area contributed by atoms with Crippen molar-refractivity contribution in [3.8, 4) is 0 Å². The second-order valence-corrected chi connectivity index (χ2v) is 5.22. The lowest BCUT2D eigenvalue weighted by molar-refractivity contribution is -0.123. The molecule has 3 nitrogen and oxygen atoms in total. The summed E-state index contributed by atoms with van der Waals surface area (Å²) in [6.45, 7) is 6.85. The average Bonchev–Trinajstić information content (AvgIpc) is 2.87. The molecule has 0 saturated heterocycles. The Bertz CT molecular complexity index is 555. The van der Waals surface area contributed by atoms with Gasteiger partial charge in [-0.15, -0.1) is 0 Å². The van der Waals surface area contributed by atoms with E-state index in [-0.39, 0.29) is 5.78 Å². The smallest absolute Gasteiger partial charge is 0.150 e. The highest BCUT2D eigenvalue weighted by Crippen LogP contribution is 2.25. The molecule has 0 bridgehead atoms. The van der Waals surface area contributed by atoms with Crippen molar-refractivity contribution in [2.75, 3.05) is 0 Å². The van der Waals surface area contributed by atoms with Gasteiger partial charge in [-0.25, -0.2) is 4.98 Å². The van der Waals surface area contributed by atoms with E-state index in [1.54, 1.807) is 6.20 Å². The Balaban J connectivity index is 2.20. The topological polar surface area (TPSA) is 34.9 Å². The molecule has 0 aliphatic heterocycles. The van der Waals surface area contributed by atoms with Crippen LogP contribution in [0.2, 0.25) is 0 Å². The minimum absolute atomic E-state index is 0.194. The molecule has 0 aliphatic rings. The summed E-state index contributed by atoms with van der Waals surface area (Å²) in [5.74, 6) is 1.04. The van der Waals surface area contributed by atoms with E-state index in [0.717, 1.165) is 17.9 Å². The van der Waals surface area contributed by atoms with E-state index in [1.807, 2.05) is 54.9 Å². The zero-order valence-electron chi connectivity index (χ0n) is 11.8. The molecule has 1 aromatic carbocycles. The van der Waals surface area contributed by atoms with Crippen molar-refractivity contribution >= 4 is 5.78 Å². The van der Waals surface area contributed by atoms with E-state index < -0.39 is 5.41 Å². The molecule has 100 valence electrons. The maximum Gasteiger partial charge on any atom is 0.150 e. The van der Waals surface area contributed by atoms with E-state index in [4.69, 9.17) is 0 Å². The molecule has 0 fully saturated rings. The molecule has 0 unspecified atom stereocenters. The van der Waals surface area contributed by atoms with E-state index in [2.05, 4.69) is 11.9 Å². The maximum atomic E-state index is 12.5. The van der Waals surface area contributed by atoms with Crippen LogP contribution in [0.1, 0.15) is 32.2 Å². The summed E-state index contributed by atoms with van der Waals surface area (Å²) >= 11 is 0. The number of aryl methyl sites for hydroxylation is 1. The number of hydrogen-bond acceptors (Lipinski definition) is 2. The third-order valence-electron chi connectivity index (χ3n) is 3.65. The van der Waals surface area contributed by atoms with E-state index in [0.29, 0.717) is 6.42 Å². The van der Waals surface area contributed by atoms with Crippen LogP contribution in [0.25, 0.3) is 0 Å². The largest absolute Gasteiger partial charge is 0.335 e. The highest BCUT2D eigenvalue weighted by atomic mass is 16.1. The van der Waals surface area contributed by atoms with Gasteiger partial charge >= 0.3 is 0 Å². The standard InChI is InChI=1S/C16H20N2O/c1-4-18-11-10-17-15(18)12-14(19)16(2,3)13-8-6-5-7-9-13/h5-11H,4,12H2,1-3H3. The van der Waals surface area contributed by atoms with Crippen molar-refractivity contribution in [3.63, 3.8) is 0 Å². The third kappa shape index (κ3) is 2.75. The molecule has 3 heteroatoms. The van der Waals surface area contributed by atoms with Gasteiger partial charge in [-0.1, -0.05) is 30.3 Å². The van der Waals surface area contributed by atoms with Gasteiger partial charge in [-0.3, -0.25) is 4.79 Å². The van der Waals surface area contributed by atoms with Gasteiger partial charge < -0.3 is 4.57 Å². The summed E-state index contributed by atoms with van der Waals surface area (Å²) in [6.07, 6.45) is 4.04. The summed E-state index contributed by atoms with van der Waals surface area (Å²) in [5, 5.41) is 0. The Morgan fingerprint density at radius 2 is 1.95 bits per heavy atom. The van der Waals surface area contributed by atoms with E-state index in [9.17, 15) is 4.79 Å². The highest BCUT2D eigenvalue weighted by molar-refractivity contribution is 5.90. The molecule has 19 heavy (non-hydrogen) atoms. The first kappa shape index (κ1) is 13.5. The molecule has 1 aromatic heterocycles.